The lowest BCUT2D eigenvalue weighted by Gasteiger charge is -2.12. The van der Waals surface area contributed by atoms with Gasteiger partial charge in [-0.1, -0.05) is 11.6 Å². The molecule has 0 unspecified atom stereocenters. The summed E-state index contributed by atoms with van der Waals surface area (Å²) in [6.07, 6.45) is 0. The lowest BCUT2D eigenvalue weighted by molar-refractivity contribution is 0.0905. The summed E-state index contributed by atoms with van der Waals surface area (Å²) in [5, 5.41) is 20.3. The van der Waals surface area contributed by atoms with Gasteiger partial charge in [0.25, 0.3) is 5.91 Å². The lowest BCUT2D eigenvalue weighted by Crippen LogP contribution is -2.31. The van der Waals surface area contributed by atoms with Crippen molar-refractivity contribution >= 4 is 17.5 Å². The van der Waals surface area contributed by atoms with Gasteiger partial charge in [-0.3, -0.25) is 4.79 Å². The molecule has 27 heavy (non-hydrogen) atoms. The largest absolute Gasteiger partial charge is 0.494 e. The molecular weight excluding hydrogens is 377 g/mol. The minimum atomic E-state index is -0.919. The monoisotopic (exact) mass is 391 g/mol. The molecule has 9 heteroatoms. The Morgan fingerprint density at radius 2 is 2.04 bits per heavy atom. The van der Waals surface area contributed by atoms with E-state index < -0.39 is 24.4 Å². The highest BCUT2D eigenvalue weighted by Crippen LogP contribution is 2.26. The summed E-state index contributed by atoms with van der Waals surface area (Å²) in [7, 11) is 1.36. The number of nitrogens with one attached hydrogen (secondary N) is 1. The van der Waals surface area contributed by atoms with Gasteiger partial charge in [0.05, 0.1) is 13.7 Å². The molecule has 0 spiro atoms. The number of carbonyl (C=O) groups is 1. The number of halogens is 2. The van der Waals surface area contributed by atoms with E-state index in [1.54, 1.807) is 30.3 Å². The first kappa shape index (κ1) is 18.8. The molecule has 0 radical (unpaired) electrons. The Labute approximate surface area is 158 Å². The molecule has 7 nitrogen and oxygen atoms in total. The molecule has 0 saturated carbocycles. The summed E-state index contributed by atoms with van der Waals surface area (Å²) in [5.74, 6) is -0.899. The van der Waals surface area contributed by atoms with Gasteiger partial charge < -0.3 is 19.6 Å². The molecular formula is C18H15ClFN3O4. The lowest BCUT2D eigenvalue weighted by atomic mass is 10.2. The molecule has 0 aliphatic heterocycles. The molecule has 0 saturated heterocycles. The van der Waals surface area contributed by atoms with Gasteiger partial charge in [0.2, 0.25) is 11.8 Å². The maximum Gasteiger partial charge on any atom is 0.251 e. The van der Waals surface area contributed by atoms with Crippen LogP contribution in [-0.4, -0.2) is 34.9 Å². The molecule has 2 aromatic carbocycles. The Morgan fingerprint density at radius 3 is 2.67 bits per heavy atom. The molecule has 3 aromatic rings. The molecule has 1 aromatic heterocycles. The molecule has 1 atom stereocenters. The normalized spacial score (nSPS) is 11.9. The number of aliphatic hydroxyl groups excluding tert-OH is 1. The van der Waals surface area contributed by atoms with Crippen molar-refractivity contribution in [1.29, 1.82) is 0 Å². The fourth-order valence-corrected chi connectivity index (χ4v) is 2.45. The van der Waals surface area contributed by atoms with E-state index >= 15 is 0 Å². The van der Waals surface area contributed by atoms with Crippen LogP contribution in [0.5, 0.6) is 5.75 Å². The molecule has 2 N–H and O–H groups in total. The van der Waals surface area contributed by atoms with Gasteiger partial charge >= 0.3 is 0 Å². The van der Waals surface area contributed by atoms with Crippen LogP contribution in [0.15, 0.2) is 46.9 Å². The SMILES string of the molecule is COc1ccc(-c2nnc([C@H](CO)NC(=O)c3ccc(Cl)cc3)o2)cc1F. The molecule has 0 bridgehead atoms. The van der Waals surface area contributed by atoms with Crippen LogP contribution in [0.2, 0.25) is 5.02 Å². The predicted octanol–water partition coefficient (Wildman–Crippen LogP) is 3.00. The Morgan fingerprint density at radius 1 is 1.30 bits per heavy atom. The number of nitrogens with zero attached hydrogens (tertiary/aromatic N) is 2. The Hall–Kier alpha value is -2.97. The van der Waals surface area contributed by atoms with Crippen molar-refractivity contribution in [2.24, 2.45) is 0 Å². The fraction of sp³-hybridized carbons (Fsp3) is 0.167. The van der Waals surface area contributed by atoms with E-state index in [0.29, 0.717) is 16.1 Å². The van der Waals surface area contributed by atoms with Gasteiger partial charge in [0.1, 0.15) is 6.04 Å². The summed E-state index contributed by atoms with van der Waals surface area (Å²) in [6.45, 7) is -0.460. The number of benzene rings is 2. The number of amides is 1. The van der Waals surface area contributed by atoms with Crippen molar-refractivity contribution in [3.05, 3.63) is 64.8 Å². The third kappa shape index (κ3) is 4.24. The maximum atomic E-state index is 13.8. The van der Waals surface area contributed by atoms with Gasteiger partial charge in [-0.25, -0.2) is 4.39 Å². The number of carbonyl (C=O) groups excluding carboxylic acids is 1. The first-order valence-electron chi connectivity index (χ1n) is 7.86. The number of rotatable bonds is 6. The molecule has 0 fully saturated rings. The van der Waals surface area contributed by atoms with Crippen molar-refractivity contribution < 1.29 is 23.4 Å². The third-order valence-corrected chi connectivity index (χ3v) is 3.98. The zero-order valence-electron chi connectivity index (χ0n) is 14.1. The number of hydrogen-bond acceptors (Lipinski definition) is 6. The average Bonchev–Trinajstić information content (AvgIpc) is 3.16. The van der Waals surface area contributed by atoms with Gasteiger partial charge in [0.15, 0.2) is 11.6 Å². The average molecular weight is 392 g/mol. The van der Waals surface area contributed by atoms with Crippen LogP contribution < -0.4 is 10.1 Å². The molecule has 0 aliphatic carbocycles. The number of methoxy groups -OCH3 is 1. The van der Waals surface area contributed by atoms with Crippen LogP contribution in [0.3, 0.4) is 0 Å². The van der Waals surface area contributed by atoms with Gasteiger partial charge in [-0.05, 0) is 42.5 Å². The minimum Gasteiger partial charge on any atom is -0.494 e. The van der Waals surface area contributed by atoms with Crippen LogP contribution in [0, 0.1) is 5.82 Å². The zero-order chi connectivity index (χ0) is 19.4. The number of aliphatic hydroxyl groups is 1. The summed E-state index contributed by atoms with van der Waals surface area (Å²) in [4.78, 5) is 12.3. The van der Waals surface area contributed by atoms with E-state index in [1.165, 1.54) is 19.2 Å². The summed E-state index contributed by atoms with van der Waals surface area (Å²) < 4.78 is 24.2. The van der Waals surface area contributed by atoms with Gasteiger partial charge in [0, 0.05) is 16.1 Å². The summed E-state index contributed by atoms with van der Waals surface area (Å²) in [5.41, 5.74) is 0.697. The fourth-order valence-electron chi connectivity index (χ4n) is 2.32. The van der Waals surface area contributed by atoms with E-state index in [1.807, 2.05) is 0 Å². The van der Waals surface area contributed by atoms with E-state index in [2.05, 4.69) is 15.5 Å². The second-order valence-corrected chi connectivity index (χ2v) is 5.95. The highest BCUT2D eigenvalue weighted by molar-refractivity contribution is 6.30. The quantitative estimate of drug-likeness (QED) is 0.670. The summed E-state index contributed by atoms with van der Waals surface area (Å²) in [6, 6.07) is 9.51. The number of ether oxygens (including phenoxy) is 1. The first-order valence-corrected chi connectivity index (χ1v) is 8.24. The second kappa shape index (κ2) is 8.15. The van der Waals surface area contributed by atoms with E-state index in [-0.39, 0.29) is 17.5 Å². The molecule has 1 heterocycles. The Bertz CT molecular complexity index is 946. The van der Waals surface area contributed by atoms with Crippen LogP contribution in [0.4, 0.5) is 4.39 Å². The molecule has 140 valence electrons. The van der Waals surface area contributed by atoms with Crippen LogP contribution >= 0.6 is 11.6 Å². The van der Waals surface area contributed by atoms with Crippen molar-refractivity contribution in [3.8, 4) is 17.2 Å². The number of aromatic nitrogens is 2. The van der Waals surface area contributed by atoms with Gasteiger partial charge in [-0.15, -0.1) is 10.2 Å². The van der Waals surface area contributed by atoms with Crippen LogP contribution in [0.1, 0.15) is 22.3 Å². The molecule has 1 amide bonds. The highest BCUT2D eigenvalue weighted by atomic mass is 35.5. The van der Waals surface area contributed by atoms with Crippen molar-refractivity contribution in [3.63, 3.8) is 0 Å². The van der Waals surface area contributed by atoms with Crippen molar-refractivity contribution in [1.82, 2.24) is 15.5 Å². The van der Waals surface area contributed by atoms with Crippen molar-refractivity contribution in [2.45, 2.75) is 6.04 Å². The highest BCUT2D eigenvalue weighted by Gasteiger charge is 2.22. The standard InChI is InChI=1S/C18H15ClFN3O4/c1-26-15-7-4-11(8-13(15)20)17-22-23-18(27-17)14(9-24)21-16(25)10-2-5-12(19)6-3-10/h2-8,14,24H,9H2,1H3,(H,21,25)/t14-/m0/s1. The number of hydrogen-bond donors (Lipinski definition) is 2. The van der Waals surface area contributed by atoms with Gasteiger partial charge in [-0.2, -0.15) is 0 Å². The third-order valence-electron chi connectivity index (χ3n) is 3.73. The van der Waals surface area contributed by atoms with E-state index in [0.717, 1.165) is 0 Å². The summed E-state index contributed by atoms with van der Waals surface area (Å²) >= 11 is 5.80. The second-order valence-electron chi connectivity index (χ2n) is 5.51. The van der Waals surface area contributed by atoms with Crippen LogP contribution in [0.25, 0.3) is 11.5 Å². The van der Waals surface area contributed by atoms with E-state index in [9.17, 15) is 14.3 Å². The van der Waals surface area contributed by atoms with E-state index in [4.69, 9.17) is 20.8 Å². The predicted molar refractivity (Wildman–Crippen MR) is 95.0 cm³/mol. The minimum absolute atomic E-state index is 0.00830. The molecule has 0 aliphatic rings. The smallest absolute Gasteiger partial charge is 0.251 e. The van der Waals surface area contributed by atoms with Crippen molar-refractivity contribution in [2.75, 3.05) is 13.7 Å². The first-order chi connectivity index (χ1) is 13.0. The zero-order valence-corrected chi connectivity index (χ0v) is 14.9. The van der Waals surface area contributed by atoms with Crippen LogP contribution in [-0.2, 0) is 0 Å². The topological polar surface area (TPSA) is 97.5 Å². The molecule has 3 rings (SSSR count). The maximum absolute atomic E-state index is 13.8. The Balaban J connectivity index is 1.78. The Kier molecular flexibility index (Phi) is 5.68.